The quantitative estimate of drug-likeness (QED) is 0.0933. The Labute approximate surface area is 790 Å². The fourth-order valence-electron chi connectivity index (χ4n) is 23.9. The Hall–Kier alpha value is -17.6. The average Bonchev–Trinajstić information content (AvgIpc) is 1.49. The van der Waals surface area contributed by atoms with E-state index in [0.29, 0.717) is 0 Å². The van der Waals surface area contributed by atoms with Crippen molar-refractivity contribution >= 4 is 156 Å². The summed E-state index contributed by atoms with van der Waals surface area (Å²) in [5.41, 5.74) is 29.0. The first-order valence-corrected chi connectivity index (χ1v) is 47.1. The monoisotopic (exact) mass is 1740 g/mol. The molecule has 1 aliphatic carbocycles. The molecule has 0 saturated heterocycles. The van der Waals surface area contributed by atoms with Crippen molar-refractivity contribution in [2.45, 2.75) is 5.41 Å². The van der Waals surface area contributed by atoms with E-state index in [1.165, 1.54) is 148 Å². The molecular weight excluding hydrogens is 1670 g/mol. The Kier molecular flexibility index (Phi) is 17.0. The van der Waals surface area contributed by atoms with Gasteiger partial charge in [-0.25, -0.2) is 0 Å². The van der Waals surface area contributed by atoms with Crippen molar-refractivity contribution in [3.05, 3.63) is 477 Å². The molecule has 0 N–H and O–H groups in total. The maximum absolute atomic E-state index is 6.60. The Balaban J connectivity index is 0.000000100. The summed E-state index contributed by atoms with van der Waals surface area (Å²) in [5.74, 6) is 10.6. The molecule has 634 valence electrons. The third kappa shape index (κ3) is 11.6. The predicted octanol–water partition coefficient (Wildman–Crippen LogP) is 27.1. The summed E-state index contributed by atoms with van der Waals surface area (Å²) in [5, 5.41) is 17.2. The standard InChI is InChI=1S/C47H29BO2.C44H25BO3.C36H21BO2/c1-3-14-31(15-4-1)47(32-16-5-2-6-17-32)37-21-10-9-20-35(37)45-34-19-8-7-18-33(34)36(29-38(45)47)30-26-27-42-40(28-30)48-39-22-11-12-23-41(39)49-43-24-13-25-44(50-42)46(43)48;1-3-13-31-29(11-1)42(26-20-22-37-33(24-26)28-10-5-7-16-36(28)46-37)30-12-2-4-14-32(30)43(31)27-21-23-39-35(25-27)45-34-15-6-8-17-38(34)47-40-18-9-19-41(48-39)44(40)45;1-3-10-25-22(8-1)16-18-27-28(25)20-23-9-2-4-11-26(23)35(27)24-17-19-32-30(21-24)37-29-12-5-6-13-31(29)38-33-14-7-15-34(39-32)36(33)37/h1-29H;1-25H;1-21H. The molecule has 10 heteroatoms. The van der Waals surface area contributed by atoms with Gasteiger partial charge >= 0.3 is 0 Å². The molecule has 0 radical (unpaired) electrons. The lowest BCUT2D eigenvalue weighted by atomic mass is 9.34. The van der Waals surface area contributed by atoms with Gasteiger partial charge in [-0.1, -0.05) is 352 Å². The van der Waals surface area contributed by atoms with Crippen LogP contribution in [0.15, 0.2) is 459 Å². The molecule has 0 amide bonds. The van der Waals surface area contributed by atoms with Crippen molar-refractivity contribution in [2.24, 2.45) is 0 Å². The second kappa shape index (κ2) is 30.2. The smallest absolute Gasteiger partial charge is 0.260 e. The highest BCUT2D eigenvalue weighted by molar-refractivity contribution is 6.99. The van der Waals surface area contributed by atoms with E-state index in [-0.39, 0.29) is 20.1 Å². The highest BCUT2D eigenvalue weighted by Gasteiger charge is 2.49. The van der Waals surface area contributed by atoms with Crippen molar-refractivity contribution in [3.63, 3.8) is 0 Å². The summed E-state index contributed by atoms with van der Waals surface area (Å²) in [6.07, 6.45) is 0. The Morgan fingerprint density at radius 3 is 1.03 bits per heavy atom. The third-order valence-electron chi connectivity index (χ3n) is 29.6. The van der Waals surface area contributed by atoms with E-state index in [2.05, 4.69) is 382 Å². The van der Waals surface area contributed by atoms with Crippen LogP contribution < -0.4 is 77.6 Å². The van der Waals surface area contributed by atoms with Gasteiger partial charge in [-0.2, -0.15) is 0 Å². The van der Waals surface area contributed by atoms with Crippen LogP contribution in [-0.2, 0) is 5.41 Å². The summed E-state index contributed by atoms with van der Waals surface area (Å²) in [6.45, 7) is 0.0672. The number of para-hydroxylation sites is 4. The summed E-state index contributed by atoms with van der Waals surface area (Å²) in [7, 11) is 0. The lowest BCUT2D eigenvalue weighted by molar-refractivity contribution is 0.464. The molecule has 137 heavy (non-hydrogen) atoms. The minimum Gasteiger partial charge on any atom is -0.458 e. The van der Waals surface area contributed by atoms with Gasteiger partial charge in [0, 0.05) is 27.2 Å². The summed E-state index contributed by atoms with van der Waals surface area (Å²) in [4.78, 5) is 0. The first-order chi connectivity index (χ1) is 67.9. The van der Waals surface area contributed by atoms with E-state index in [1.54, 1.807) is 0 Å². The van der Waals surface area contributed by atoms with E-state index in [4.69, 9.17) is 32.8 Å². The van der Waals surface area contributed by atoms with Gasteiger partial charge in [0.15, 0.2) is 0 Å². The number of furan rings is 1. The molecule has 7 nitrogen and oxygen atoms in total. The fraction of sp³-hybridized carbons (Fsp3) is 0.00787. The maximum Gasteiger partial charge on any atom is 0.260 e. The first kappa shape index (κ1) is 77.1. The summed E-state index contributed by atoms with van der Waals surface area (Å²) < 4.78 is 45.0. The van der Waals surface area contributed by atoms with Gasteiger partial charge in [0.05, 0.1) is 5.41 Å². The van der Waals surface area contributed by atoms with Gasteiger partial charge in [0.2, 0.25) is 0 Å². The largest absolute Gasteiger partial charge is 0.458 e. The number of ether oxygens (including phenoxy) is 6. The van der Waals surface area contributed by atoms with Crippen LogP contribution in [0.5, 0.6) is 69.0 Å². The Morgan fingerprint density at radius 2 is 0.518 bits per heavy atom. The van der Waals surface area contributed by atoms with Gasteiger partial charge < -0.3 is 32.8 Å². The minimum absolute atomic E-state index is 0.00697. The average molecular weight is 1750 g/mol. The number of fused-ring (bicyclic) bond motifs is 26. The molecular formula is C127H75B3O7. The van der Waals surface area contributed by atoms with Crippen LogP contribution in [0.2, 0.25) is 0 Å². The SMILES string of the molecule is c1ccc(C2(c3ccccc3)c3ccccc3-c3c2cc(-c2ccc4c(c2)B2c5ccccc5Oc5cccc(c52)O4)c2ccccc32)cc1.c1ccc2c(c1)Oc1cccc3c1B2c1cc(-c2c4ccccc4c(-c4ccc5oc6ccccc6c5c4)c4ccccc24)ccc1O3.c1ccc2c(c1)Oc1cccc3c1B2c1cc(-c2c4ccccc4cc4c2ccc2ccccc24)ccc1O3. The number of hydrogen-bond donors (Lipinski definition) is 0. The zero-order chi connectivity index (χ0) is 89.7. The topological polar surface area (TPSA) is 68.5 Å². The van der Waals surface area contributed by atoms with Crippen molar-refractivity contribution < 1.29 is 32.8 Å². The van der Waals surface area contributed by atoms with Gasteiger partial charge in [0.1, 0.15) is 80.2 Å². The highest BCUT2D eigenvalue weighted by atomic mass is 16.5. The van der Waals surface area contributed by atoms with E-state index in [9.17, 15) is 0 Å². The van der Waals surface area contributed by atoms with E-state index in [0.717, 1.165) is 135 Å². The second-order valence-corrected chi connectivity index (χ2v) is 36.7. The van der Waals surface area contributed by atoms with Crippen LogP contribution in [0.25, 0.3) is 142 Å². The third-order valence-corrected chi connectivity index (χ3v) is 29.6. The lowest BCUT2D eigenvalue weighted by Gasteiger charge is -2.34. The molecule has 24 aromatic rings. The maximum atomic E-state index is 6.60. The fourth-order valence-corrected chi connectivity index (χ4v) is 23.9. The van der Waals surface area contributed by atoms with E-state index < -0.39 is 5.41 Å². The molecule has 1 aromatic heterocycles. The van der Waals surface area contributed by atoms with Crippen molar-refractivity contribution in [3.8, 4) is 125 Å². The summed E-state index contributed by atoms with van der Waals surface area (Å²) in [6, 6.07) is 163. The second-order valence-electron chi connectivity index (χ2n) is 36.7. The lowest BCUT2D eigenvalue weighted by Crippen LogP contribution is -2.57. The van der Waals surface area contributed by atoms with Gasteiger partial charge in [0.25, 0.3) is 20.1 Å². The van der Waals surface area contributed by atoms with Crippen LogP contribution in [0.1, 0.15) is 22.3 Å². The molecule has 0 unspecified atom stereocenters. The molecule has 0 fully saturated rings. The van der Waals surface area contributed by atoms with Crippen LogP contribution in [0, 0.1) is 0 Å². The van der Waals surface area contributed by atoms with Crippen LogP contribution in [0.4, 0.5) is 0 Å². The van der Waals surface area contributed by atoms with Gasteiger partial charge in [-0.15, -0.1) is 0 Å². The molecule has 6 aliphatic heterocycles. The van der Waals surface area contributed by atoms with Crippen molar-refractivity contribution in [1.82, 2.24) is 0 Å². The van der Waals surface area contributed by atoms with E-state index >= 15 is 0 Å². The molecule has 23 aromatic carbocycles. The normalized spacial score (nSPS) is 13.3. The Morgan fingerprint density at radius 1 is 0.168 bits per heavy atom. The molecule has 7 heterocycles. The van der Waals surface area contributed by atoms with Crippen LogP contribution >= 0.6 is 0 Å². The highest BCUT2D eigenvalue weighted by Crippen LogP contribution is 2.60. The van der Waals surface area contributed by atoms with Crippen LogP contribution in [0.3, 0.4) is 0 Å². The number of benzene rings is 23. The molecule has 31 rings (SSSR count). The van der Waals surface area contributed by atoms with E-state index in [1.807, 2.05) is 72.8 Å². The molecule has 0 spiro atoms. The summed E-state index contributed by atoms with van der Waals surface area (Å²) >= 11 is 0. The predicted molar refractivity (Wildman–Crippen MR) is 564 cm³/mol. The Bertz CT molecular complexity index is 9170. The minimum atomic E-state index is -0.488. The van der Waals surface area contributed by atoms with Crippen LogP contribution in [-0.4, -0.2) is 20.1 Å². The number of rotatable bonds is 6. The van der Waals surface area contributed by atoms with Crippen molar-refractivity contribution in [1.29, 1.82) is 0 Å². The molecule has 0 saturated carbocycles. The van der Waals surface area contributed by atoms with Crippen molar-refractivity contribution in [2.75, 3.05) is 0 Å². The zero-order valence-corrected chi connectivity index (χ0v) is 73.9. The zero-order valence-electron chi connectivity index (χ0n) is 73.9. The molecule has 0 atom stereocenters. The molecule has 7 aliphatic rings. The number of hydrogen-bond acceptors (Lipinski definition) is 7. The van der Waals surface area contributed by atoms with Gasteiger partial charge in [-0.05, 0) is 278 Å². The molecule has 0 bridgehead atoms. The van der Waals surface area contributed by atoms with Gasteiger partial charge in [-0.3, -0.25) is 0 Å². The first-order valence-electron chi connectivity index (χ1n) is 47.1.